The van der Waals surface area contributed by atoms with E-state index < -0.39 is 11.6 Å². The van der Waals surface area contributed by atoms with Gasteiger partial charge >= 0.3 is 0 Å². The summed E-state index contributed by atoms with van der Waals surface area (Å²) in [6.45, 7) is 9.28. The highest BCUT2D eigenvalue weighted by Gasteiger charge is 2.26. The molecule has 0 spiro atoms. The first-order chi connectivity index (χ1) is 21.0. The van der Waals surface area contributed by atoms with E-state index in [1.807, 2.05) is 22.7 Å². The van der Waals surface area contributed by atoms with Crippen LogP contribution in [0.5, 0.6) is 11.5 Å². The molecule has 13 heteroatoms. The van der Waals surface area contributed by atoms with Crippen LogP contribution in [0.1, 0.15) is 12.1 Å². The third-order valence-electron chi connectivity index (χ3n) is 7.84. The van der Waals surface area contributed by atoms with Crippen LogP contribution < -0.4 is 14.4 Å². The second kappa shape index (κ2) is 12.7. The zero-order chi connectivity index (χ0) is 29.9. The molecule has 6 rings (SSSR count). The monoisotopic (exact) mass is 595 g/mol. The highest BCUT2D eigenvalue weighted by molar-refractivity contribution is 5.92. The number of hydrogen-bond acceptors (Lipinski definition) is 10. The van der Waals surface area contributed by atoms with Gasteiger partial charge in [-0.1, -0.05) is 0 Å². The topological polar surface area (TPSA) is 99.9 Å². The lowest BCUT2D eigenvalue weighted by Gasteiger charge is -2.29. The summed E-state index contributed by atoms with van der Waals surface area (Å²) in [6.07, 6.45) is 4.60. The molecule has 11 nitrogen and oxygen atoms in total. The first kappa shape index (κ1) is 29.1. The average Bonchev–Trinajstić information content (AvgIpc) is 3.41. The lowest BCUT2D eigenvalue weighted by atomic mass is 10.1. The number of fused-ring (bicyclic) bond motifs is 1. The molecular formula is C30H35F2N7O4. The number of methoxy groups -OCH3 is 2. The number of aromatic nitrogens is 5. The Balaban J connectivity index is 1.37. The summed E-state index contributed by atoms with van der Waals surface area (Å²) < 4.78 is 54.2. The van der Waals surface area contributed by atoms with Crippen molar-refractivity contribution >= 4 is 16.7 Å². The molecule has 3 aromatic heterocycles. The minimum absolute atomic E-state index is 0.0850. The van der Waals surface area contributed by atoms with E-state index in [-0.39, 0.29) is 22.8 Å². The van der Waals surface area contributed by atoms with Gasteiger partial charge in [0.15, 0.2) is 34.8 Å². The quantitative estimate of drug-likeness (QED) is 0.285. The Morgan fingerprint density at radius 1 is 0.884 bits per heavy atom. The molecule has 0 saturated carbocycles. The number of anilines is 1. The van der Waals surface area contributed by atoms with Gasteiger partial charge in [0.2, 0.25) is 0 Å². The van der Waals surface area contributed by atoms with Crippen LogP contribution in [0.4, 0.5) is 14.6 Å². The van der Waals surface area contributed by atoms with Crippen LogP contribution in [0.25, 0.3) is 33.5 Å². The molecule has 43 heavy (non-hydrogen) atoms. The van der Waals surface area contributed by atoms with Crippen LogP contribution in [0.2, 0.25) is 0 Å². The van der Waals surface area contributed by atoms with E-state index in [1.165, 1.54) is 20.3 Å². The Kier molecular flexibility index (Phi) is 8.63. The molecule has 2 fully saturated rings. The van der Waals surface area contributed by atoms with Gasteiger partial charge < -0.3 is 23.8 Å². The summed E-state index contributed by atoms with van der Waals surface area (Å²) >= 11 is 0. The van der Waals surface area contributed by atoms with Gasteiger partial charge in [-0.2, -0.15) is 5.10 Å². The van der Waals surface area contributed by atoms with Crippen molar-refractivity contribution < 1.29 is 27.7 Å². The van der Waals surface area contributed by atoms with Gasteiger partial charge in [0.05, 0.1) is 63.2 Å². The Morgan fingerprint density at radius 3 is 2.23 bits per heavy atom. The maximum Gasteiger partial charge on any atom is 0.177 e. The minimum atomic E-state index is -0.866. The SMILES string of the molecule is COc1cc(OC)c(F)c(-c2cc3cnc(-c4cn(CCCN5CCOCC5)nc4C)nc3c(N3CCOCC3)n2)c1F. The van der Waals surface area contributed by atoms with E-state index in [4.69, 9.17) is 34.0 Å². The largest absolute Gasteiger partial charge is 0.494 e. The molecule has 1 aromatic carbocycles. The normalized spacial score (nSPS) is 16.2. The van der Waals surface area contributed by atoms with Gasteiger partial charge in [-0.25, -0.2) is 23.7 Å². The zero-order valence-electron chi connectivity index (χ0n) is 24.6. The number of hydrogen-bond donors (Lipinski definition) is 0. The first-order valence-electron chi connectivity index (χ1n) is 14.4. The molecule has 5 heterocycles. The van der Waals surface area contributed by atoms with Crippen molar-refractivity contribution in [1.29, 1.82) is 0 Å². The second-order valence-corrected chi connectivity index (χ2v) is 10.5. The van der Waals surface area contributed by atoms with E-state index in [0.29, 0.717) is 48.8 Å². The summed E-state index contributed by atoms with van der Waals surface area (Å²) in [5.74, 6) is -1.02. The standard InChI is InChI=1S/C30H35F2N7O4/c1-19-21(18-39(36-19)6-4-5-37-7-11-42-12-8-37)29-33-17-20-15-22(25-26(31)23(40-2)16-24(41-3)27(25)32)34-30(28(20)35-29)38-9-13-43-14-10-38/h15-18H,4-14H2,1-3H3. The Morgan fingerprint density at radius 2 is 1.56 bits per heavy atom. The fourth-order valence-electron chi connectivity index (χ4n) is 5.52. The Labute approximate surface area is 248 Å². The molecular weight excluding hydrogens is 560 g/mol. The molecule has 2 aliphatic rings. The molecule has 4 aromatic rings. The van der Waals surface area contributed by atoms with E-state index in [0.717, 1.165) is 57.1 Å². The summed E-state index contributed by atoms with van der Waals surface area (Å²) in [7, 11) is 2.63. The van der Waals surface area contributed by atoms with Crippen molar-refractivity contribution in [2.45, 2.75) is 19.9 Å². The lowest BCUT2D eigenvalue weighted by molar-refractivity contribution is 0.0368. The van der Waals surface area contributed by atoms with Crippen LogP contribution in [-0.4, -0.2) is 103 Å². The highest BCUT2D eigenvalue weighted by atomic mass is 19.1. The molecule has 0 radical (unpaired) electrons. The third-order valence-corrected chi connectivity index (χ3v) is 7.84. The Bertz CT molecular complexity index is 1580. The first-order valence-corrected chi connectivity index (χ1v) is 14.4. The van der Waals surface area contributed by atoms with Crippen molar-refractivity contribution in [1.82, 2.24) is 29.6 Å². The Hall–Kier alpha value is -3.94. The molecule has 0 aliphatic carbocycles. The van der Waals surface area contributed by atoms with Crippen LogP contribution >= 0.6 is 0 Å². The van der Waals surface area contributed by atoms with Gasteiger partial charge in [-0.15, -0.1) is 0 Å². The van der Waals surface area contributed by atoms with E-state index in [1.54, 1.807) is 12.3 Å². The number of pyridine rings is 1. The van der Waals surface area contributed by atoms with Gasteiger partial charge in [0, 0.05) is 63.1 Å². The molecule has 228 valence electrons. The zero-order valence-corrected chi connectivity index (χ0v) is 24.6. The second-order valence-electron chi connectivity index (χ2n) is 10.5. The lowest BCUT2D eigenvalue weighted by Crippen LogP contribution is -2.37. The number of rotatable bonds is 9. The van der Waals surface area contributed by atoms with Crippen LogP contribution in [0.15, 0.2) is 24.5 Å². The molecule has 0 bridgehead atoms. The maximum absolute atomic E-state index is 15.5. The number of halogens is 2. The van der Waals surface area contributed by atoms with Gasteiger partial charge in [-0.3, -0.25) is 9.58 Å². The number of morpholine rings is 2. The van der Waals surface area contributed by atoms with Gasteiger partial charge in [0.1, 0.15) is 5.52 Å². The predicted molar refractivity (Wildman–Crippen MR) is 157 cm³/mol. The number of benzene rings is 1. The summed E-state index contributed by atoms with van der Waals surface area (Å²) in [5, 5.41) is 5.30. The minimum Gasteiger partial charge on any atom is -0.494 e. The highest BCUT2D eigenvalue weighted by Crippen LogP contribution is 2.39. The number of aryl methyl sites for hydroxylation is 2. The molecule has 2 saturated heterocycles. The maximum atomic E-state index is 15.5. The van der Waals surface area contributed by atoms with E-state index in [9.17, 15) is 0 Å². The third kappa shape index (κ3) is 5.97. The summed E-state index contributed by atoms with van der Waals surface area (Å²) in [5.41, 5.74) is 1.95. The van der Waals surface area contributed by atoms with Crippen LogP contribution in [0.3, 0.4) is 0 Å². The van der Waals surface area contributed by atoms with E-state index in [2.05, 4.69) is 9.88 Å². The summed E-state index contributed by atoms with van der Waals surface area (Å²) in [6, 6.07) is 2.77. The summed E-state index contributed by atoms with van der Waals surface area (Å²) in [4.78, 5) is 18.8. The predicted octanol–water partition coefficient (Wildman–Crippen LogP) is 3.72. The van der Waals surface area contributed by atoms with Crippen molar-refractivity contribution in [2.75, 3.05) is 78.3 Å². The molecule has 0 unspecified atom stereocenters. The fraction of sp³-hybridized carbons (Fsp3) is 0.467. The fourth-order valence-corrected chi connectivity index (χ4v) is 5.52. The van der Waals surface area contributed by atoms with Crippen molar-refractivity contribution in [3.8, 4) is 34.1 Å². The smallest absolute Gasteiger partial charge is 0.177 e. The van der Waals surface area contributed by atoms with Crippen molar-refractivity contribution in [2.24, 2.45) is 0 Å². The van der Waals surface area contributed by atoms with E-state index >= 15 is 8.78 Å². The average molecular weight is 596 g/mol. The van der Waals surface area contributed by atoms with Gasteiger partial charge in [0.25, 0.3) is 0 Å². The molecule has 0 atom stereocenters. The molecule has 0 N–H and O–H groups in total. The van der Waals surface area contributed by atoms with Gasteiger partial charge in [-0.05, 0) is 19.4 Å². The van der Waals surface area contributed by atoms with Crippen molar-refractivity contribution in [3.63, 3.8) is 0 Å². The molecule has 2 aliphatic heterocycles. The van der Waals surface area contributed by atoms with Crippen LogP contribution in [0, 0.1) is 18.6 Å². The molecule has 0 amide bonds. The number of nitrogens with zero attached hydrogens (tertiary/aromatic N) is 7. The number of ether oxygens (including phenoxy) is 4. The van der Waals surface area contributed by atoms with Crippen LogP contribution in [-0.2, 0) is 16.0 Å². The van der Waals surface area contributed by atoms with Crippen molar-refractivity contribution in [3.05, 3.63) is 41.9 Å².